The highest BCUT2D eigenvalue weighted by atomic mass is 16.7. The van der Waals surface area contributed by atoms with Gasteiger partial charge in [-0.1, -0.05) is 0 Å². The number of nitrogens with one attached hydrogen (secondary N) is 1. The third-order valence-electron chi connectivity index (χ3n) is 2.85. The van der Waals surface area contributed by atoms with Crippen LogP contribution in [0.5, 0.6) is 0 Å². The number of rotatable bonds is 7. The summed E-state index contributed by atoms with van der Waals surface area (Å²) in [6.07, 6.45) is 1.89. The Morgan fingerprint density at radius 2 is 2.06 bits per heavy atom. The van der Waals surface area contributed by atoms with Crippen LogP contribution in [0.4, 0.5) is 0 Å². The van der Waals surface area contributed by atoms with Gasteiger partial charge < -0.3 is 14.2 Å². The van der Waals surface area contributed by atoms with Gasteiger partial charge in [0.15, 0.2) is 6.29 Å². The van der Waals surface area contributed by atoms with Gasteiger partial charge in [0, 0.05) is 25.7 Å². The fourth-order valence-corrected chi connectivity index (χ4v) is 2.07. The molecule has 0 radical (unpaired) electrons. The zero-order chi connectivity index (χ0) is 11.8. The Hall–Kier alpha value is -0.200. The van der Waals surface area contributed by atoms with E-state index in [0.717, 1.165) is 26.1 Å². The van der Waals surface area contributed by atoms with Crippen LogP contribution in [-0.4, -0.2) is 38.8 Å². The second kappa shape index (κ2) is 7.97. The first-order valence-electron chi connectivity index (χ1n) is 6.10. The van der Waals surface area contributed by atoms with Crippen molar-refractivity contribution in [2.75, 3.05) is 26.4 Å². The van der Waals surface area contributed by atoms with E-state index in [1.165, 1.54) is 0 Å². The van der Waals surface area contributed by atoms with E-state index >= 15 is 0 Å². The molecule has 0 aromatic rings. The van der Waals surface area contributed by atoms with Crippen LogP contribution in [0.25, 0.3) is 0 Å². The van der Waals surface area contributed by atoms with E-state index < -0.39 is 0 Å². The van der Waals surface area contributed by atoms with E-state index in [1.807, 2.05) is 13.8 Å². The largest absolute Gasteiger partial charge is 0.381 e. The highest BCUT2D eigenvalue weighted by molar-refractivity contribution is 4.79. The van der Waals surface area contributed by atoms with Crippen molar-refractivity contribution in [2.24, 2.45) is 11.8 Å². The van der Waals surface area contributed by atoms with Crippen LogP contribution in [0, 0.1) is 5.92 Å². The monoisotopic (exact) mass is 232 g/mol. The zero-order valence-electron chi connectivity index (χ0n) is 10.3. The molecule has 5 nitrogen and oxygen atoms in total. The molecular weight excluding hydrogens is 208 g/mol. The molecule has 1 rings (SSSR count). The van der Waals surface area contributed by atoms with Crippen LogP contribution in [0.15, 0.2) is 0 Å². The predicted molar refractivity (Wildman–Crippen MR) is 61.7 cm³/mol. The maximum atomic E-state index is 5.60. The van der Waals surface area contributed by atoms with Crippen LogP contribution in [0.2, 0.25) is 0 Å². The van der Waals surface area contributed by atoms with E-state index in [9.17, 15) is 0 Å². The van der Waals surface area contributed by atoms with Crippen LogP contribution >= 0.6 is 0 Å². The lowest BCUT2D eigenvalue weighted by atomic mass is 9.93. The van der Waals surface area contributed by atoms with Crippen molar-refractivity contribution in [3.8, 4) is 0 Å². The van der Waals surface area contributed by atoms with Gasteiger partial charge in [0.1, 0.15) is 0 Å². The van der Waals surface area contributed by atoms with Gasteiger partial charge in [-0.2, -0.15) is 0 Å². The number of ether oxygens (including phenoxy) is 3. The van der Waals surface area contributed by atoms with Gasteiger partial charge in [-0.25, -0.2) is 0 Å². The quantitative estimate of drug-likeness (QED) is 0.383. The van der Waals surface area contributed by atoms with Gasteiger partial charge >= 0.3 is 0 Å². The Labute approximate surface area is 97.6 Å². The van der Waals surface area contributed by atoms with E-state index in [-0.39, 0.29) is 12.3 Å². The van der Waals surface area contributed by atoms with Gasteiger partial charge in [0.2, 0.25) is 0 Å². The highest BCUT2D eigenvalue weighted by Crippen LogP contribution is 2.21. The van der Waals surface area contributed by atoms with Crippen molar-refractivity contribution in [2.45, 2.75) is 39.0 Å². The van der Waals surface area contributed by atoms with Crippen molar-refractivity contribution in [3.05, 3.63) is 0 Å². The van der Waals surface area contributed by atoms with Crippen molar-refractivity contribution in [1.82, 2.24) is 5.43 Å². The van der Waals surface area contributed by atoms with Crippen LogP contribution in [-0.2, 0) is 14.2 Å². The first-order valence-corrected chi connectivity index (χ1v) is 6.10. The van der Waals surface area contributed by atoms with Crippen LogP contribution in [0.3, 0.4) is 0 Å². The van der Waals surface area contributed by atoms with Crippen molar-refractivity contribution < 1.29 is 14.2 Å². The normalized spacial score (nSPS) is 23.6. The van der Waals surface area contributed by atoms with E-state index in [1.54, 1.807) is 0 Å². The first-order chi connectivity index (χ1) is 7.83. The summed E-state index contributed by atoms with van der Waals surface area (Å²) >= 11 is 0. The van der Waals surface area contributed by atoms with E-state index in [4.69, 9.17) is 20.1 Å². The first kappa shape index (κ1) is 13.9. The second-order valence-corrected chi connectivity index (χ2v) is 3.95. The van der Waals surface area contributed by atoms with Crippen LogP contribution < -0.4 is 11.3 Å². The predicted octanol–water partition coefficient (Wildman–Crippen LogP) is 0.644. The summed E-state index contributed by atoms with van der Waals surface area (Å²) in [6.45, 7) is 6.73. The average Bonchev–Trinajstić information content (AvgIpc) is 2.32. The molecular formula is C11H24N2O3. The van der Waals surface area contributed by atoms with Crippen molar-refractivity contribution in [3.63, 3.8) is 0 Å². The number of nitrogens with two attached hydrogens (primary N) is 1. The molecule has 0 saturated carbocycles. The summed E-state index contributed by atoms with van der Waals surface area (Å²) in [5.41, 5.74) is 2.81. The number of hydrazine groups is 1. The van der Waals surface area contributed by atoms with E-state index in [2.05, 4.69) is 5.43 Å². The molecule has 0 spiro atoms. The number of hydrogen-bond donors (Lipinski definition) is 2. The van der Waals surface area contributed by atoms with Gasteiger partial charge in [-0.3, -0.25) is 11.3 Å². The molecule has 0 amide bonds. The zero-order valence-corrected chi connectivity index (χ0v) is 10.3. The molecule has 1 aliphatic rings. The molecule has 2 atom stereocenters. The third kappa shape index (κ3) is 3.99. The Morgan fingerprint density at radius 1 is 1.38 bits per heavy atom. The summed E-state index contributed by atoms with van der Waals surface area (Å²) in [7, 11) is 0. The summed E-state index contributed by atoms with van der Waals surface area (Å²) in [6, 6.07) is 0.000185. The fraction of sp³-hybridized carbons (Fsp3) is 1.00. The Balaban J connectivity index is 2.52. The summed E-state index contributed by atoms with van der Waals surface area (Å²) < 4.78 is 16.6. The topological polar surface area (TPSA) is 65.7 Å². The molecule has 1 aliphatic heterocycles. The average molecular weight is 232 g/mol. The molecule has 0 aliphatic carbocycles. The van der Waals surface area contributed by atoms with Crippen molar-refractivity contribution >= 4 is 0 Å². The summed E-state index contributed by atoms with van der Waals surface area (Å²) in [5.74, 6) is 5.96. The lowest BCUT2D eigenvalue weighted by Gasteiger charge is -2.34. The van der Waals surface area contributed by atoms with Gasteiger partial charge in [-0.05, 0) is 26.7 Å². The SMILES string of the molecule is CCOC(OCC)C(NN)C1CCCOC1. The summed E-state index contributed by atoms with van der Waals surface area (Å²) in [4.78, 5) is 0. The molecule has 96 valence electrons. The highest BCUT2D eigenvalue weighted by Gasteiger charge is 2.31. The minimum Gasteiger partial charge on any atom is -0.381 e. The Kier molecular flexibility index (Phi) is 6.91. The molecule has 3 N–H and O–H groups in total. The second-order valence-electron chi connectivity index (χ2n) is 3.95. The number of hydrogen-bond acceptors (Lipinski definition) is 5. The molecule has 0 aromatic heterocycles. The lowest BCUT2D eigenvalue weighted by Crippen LogP contribution is -2.53. The molecule has 1 saturated heterocycles. The molecule has 5 heteroatoms. The molecule has 16 heavy (non-hydrogen) atoms. The minimum absolute atomic E-state index is 0.000185. The maximum absolute atomic E-state index is 5.60. The molecule has 0 aromatic carbocycles. The van der Waals surface area contributed by atoms with Crippen LogP contribution in [0.1, 0.15) is 26.7 Å². The Bertz CT molecular complexity index is 169. The standard InChI is InChI=1S/C11H24N2O3/c1-3-15-11(16-4-2)10(13-12)9-6-5-7-14-8-9/h9-11,13H,3-8,12H2,1-2H3. The smallest absolute Gasteiger partial charge is 0.174 e. The third-order valence-corrected chi connectivity index (χ3v) is 2.85. The minimum atomic E-state index is -0.285. The maximum Gasteiger partial charge on any atom is 0.174 e. The van der Waals surface area contributed by atoms with Gasteiger partial charge in [0.25, 0.3) is 0 Å². The summed E-state index contributed by atoms with van der Waals surface area (Å²) in [5, 5.41) is 0. The molecule has 1 heterocycles. The fourth-order valence-electron chi connectivity index (χ4n) is 2.07. The Morgan fingerprint density at radius 3 is 2.50 bits per heavy atom. The molecule has 0 bridgehead atoms. The molecule has 2 unspecified atom stereocenters. The molecule has 1 fully saturated rings. The lowest BCUT2D eigenvalue weighted by molar-refractivity contribution is -0.169. The van der Waals surface area contributed by atoms with Gasteiger partial charge in [-0.15, -0.1) is 0 Å². The van der Waals surface area contributed by atoms with E-state index in [0.29, 0.717) is 19.1 Å². The van der Waals surface area contributed by atoms with Gasteiger partial charge in [0.05, 0.1) is 12.6 Å². The van der Waals surface area contributed by atoms with Crippen molar-refractivity contribution in [1.29, 1.82) is 0 Å².